The second kappa shape index (κ2) is 6.04. The molecule has 0 N–H and O–H groups in total. The van der Waals surface area contributed by atoms with Crippen LogP contribution in [0, 0.1) is 34.5 Å². The number of carbonyl (C=O) groups excluding carboxylic acids is 1. The Bertz CT molecular complexity index is 658. The molecule has 1 aliphatic heterocycles. The van der Waals surface area contributed by atoms with Gasteiger partial charge in [0, 0.05) is 6.42 Å². The number of hydrogen-bond donors (Lipinski definition) is 0. The molecule has 1 heterocycles. The summed E-state index contributed by atoms with van der Waals surface area (Å²) in [5.74, 6) is 3.08. The third-order valence-electron chi connectivity index (χ3n) is 8.88. The summed E-state index contributed by atoms with van der Waals surface area (Å²) >= 11 is 0. The molecule has 0 aromatic heterocycles. The van der Waals surface area contributed by atoms with Crippen LogP contribution in [0.15, 0.2) is 23.8 Å². The van der Waals surface area contributed by atoms with Gasteiger partial charge < -0.3 is 9.47 Å². The SMILES string of the molecule is C[C@]12CC[C@H]3[C@@H](C=CC4=CC(=O)CC[C@@]43C)[C@@H]1CC[C@@H]2C1COCCO1. The molecule has 4 aliphatic carbocycles. The fraction of sp³-hybridized carbons (Fsp3) is 0.783. The molecule has 0 radical (unpaired) electrons. The third-order valence-corrected chi connectivity index (χ3v) is 8.88. The van der Waals surface area contributed by atoms with Gasteiger partial charge in [-0.2, -0.15) is 0 Å². The highest BCUT2D eigenvalue weighted by Crippen LogP contribution is 2.65. The van der Waals surface area contributed by atoms with Crippen molar-refractivity contribution < 1.29 is 14.3 Å². The Hall–Kier alpha value is -0.930. The Morgan fingerprint density at radius 3 is 2.69 bits per heavy atom. The fourth-order valence-corrected chi connectivity index (χ4v) is 7.39. The van der Waals surface area contributed by atoms with Crippen LogP contribution in [0.25, 0.3) is 0 Å². The van der Waals surface area contributed by atoms with Gasteiger partial charge in [-0.05, 0) is 78.3 Å². The number of ether oxygens (including phenoxy) is 2. The van der Waals surface area contributed by atoms with Crippen molar-refractivity contribution in [3.05, 3.63) is 23.8 Å². The van der Waals surface area contributed by atoms with Crippen LogP contribution in [0.2, 0.25) is 0 Å². The first-order valence-corrected chi connectivity index (χ1v) is 10.6. The summed E-state index contributed by atoms with van der Waals surface area (Å²) in [6, 6.07) is 0. The molecule has 3 fully saturated rings. The van der Waals surface area contributed by atoms with Crippen LogP contribution in [-0.4, -0.2) is 31.7 Å². The smallest absolute Gasteiger partial charge is 0.156 e. The Morgan fingerprint density at radius 1 is 1.04 bits per heavy atom. The highest BCUT2D eigenvalue weighted by atomic mass is 16.6. The minimum absolute atomic E-state index is 0.206. The van der Waals surface area contributed by atoms with Crippen molar-refractivity contribution in [3.8, 4) is 0 Å². The maximum atomic E-state index is 11.9. The first-order valence-electron chi connectivity index (χ1n) is 10.6. The van der Waals surface area contributed by atoms with Crippen molar-refractivity contribution in [1.29, 1.82) is 0 Å². The van der Waals surface area contributed by atoms with Gasteiger partial charge in [0.1, 0.15) is 0 Å². The summed E-state index contributed by atoms with van der Waals surface area (Å²) in [6.45, 7) is 7.26. The molecule has 0 aromatic rings. The number of hydrogen-bond acceptors (Lipinski definition) is 3. The standard InChI is InChI=1S/C23H32O3/c1-22-9-7-16(24)13-15(22)3-4-17-18-5-6-20(21-14-25-11-12-26-21)23(18,2)10-8-19(17)22/h3-4,13,17-21H,5-12,14H2,1-2H3/t17-,18-,19-,20+,21?,22-,23-/m0/s1. The zero-order chi connectivity index (χ0) is 17.9. The van der Waals surface area contributed by atoms with Gasteiger partial charge >= 0.3 is 0 Å². The van der Waals surface area contributed by atoms with Crippen LogP contribution in [0.1, 0.15) is 52.4 Å². The van der Waals surface area contributed by atoms with Crippen LogP contribution in [0.5, 0.6) is 0 Å². The molecule has 3 nitrogen and oxygen atoms in total. The first-order chi connectivity index (χ1) is 12.5. The molecule has 5 rings (SSSR count). The maximum absolute atomic E-state index is 11.9. The van der Waals surface area contributed by atoms with E-state index >= 15 is 0 Å². The van der Waals surface area contributed by atoms with Gasteiger partial charge in [0.2, 0.25) is 0 Å². The normalized spacial score (nSPS) is 50.6. The van der Waals surface area contributed by atoms with Crippen molar-refractivity contribution in [2.75, 3.05) is 19.8 Å². The predicted molar refractivity (Wildman–Crippen MR) is 101 cm³/mol. The lowest BCUT2D eigenvalue weighted by atomic mass is 9.48. The quantitative estimate of drug-likeness (QED) is 0.702. The highest BCUT2D eigenvalue weighted by molar-refractivity contribution is 5.92. The fourth-order valence-electron chi connectivity index (χ4n) is 7.39. The van der Waals surface area contributed by atoms with Crippen molar-refractivity contribution in [1.82, 2.24) is 0 Å². The lowest BCUT2D eigenvalue weighted by molar-refractivity contribution is -0.140. The van der Waals surface area contributed by atoms with Gasteiger partial charge in [0.25, 0.3) is 0 Å². The van der Waals surface area contributed by atoms with Gasteiger partial charge in [0.15, 0.2) is 5.78 Å². The lowest BCUT2D eigenvalue weighted by Crippen LogP contribution is -2.51. The monoisotopic (exact) mass is 356 g/mol. The zero-order valence-electron chi connectivity index (χ0n) is 16.2. The summed E-state index contributed by atoms with van der Waals surface area (Å²) in [5, 5.41) is 0. The van der Waals surface area contributed by atoms with Crippen LogP contribution in [-0.2, 0) is 14.3 Å². The Balaban J connectivity index is 1.45. The second-order valence-electron chi connectivity index (χ2n) is 9.85. The number of carbonyl (C=O) groups is 1. The molecular weight excluding hydrogens is 324 g/mol. The number of rotatable bonds is 1. The number of ketones is 1. The largest absolute Gasteiger partial charge is 0.376 e. The van der Waals surface area contributed by atoms with E-state index in [-0.39, 0.29) is 5.41 Å². The minimum atomic E-state index is 0.206. The van der Waals surface area contributed by atoms with Crippen LogP contribution in [0.3, 0.4) is 0 Å². The Labute approximate surface area is 157 Å². The third kappa shape index (κ3) is 2.36. The molecule has 0 bridgehead atoms. The predicted octanol–water partition coefficient (Wildman–Crippen LogP) is 4.33. The van der Waals surface area contributed by atoms with E-state index in [1.165, 1.54) is 31.3 Å². The molecular formula is C23H32O3. The van der Waals surface area contributed by atoms with Crippen molar-refractivity contribution in [2.45, 2.75) is 58.5 Å². The summed E-state index contributed by atoms with van der Waals surface area (Å²) in [6.07, 6.45) is 14.0. The van der Waals surface area contributed by atoms with E-state index in [1.54, 1.807) is 0 Å². The lowest BCUT2D eigenvalue weighted by Gasteiger charge is -2.56. The molecule has 26 heavy (non-hydrogen) atoms. The van der Waals surface area contributed by atoms with E-state index in [4.69, 9.17) is 9.47 Å². The number of fused-ring (bicyclic) bond motifs is 5. The number of allylic oxidation sites excluding steroid dienone is 4. The van der Waals surface area contributed by atoms with Gasteiger partial charge in [0.05, 0.1) is 25.9 Å². The Kier molecular flexibility index (Phi) is 3.99. The Morgan fingerprint density at radius 2 is 1.88 bits per heavy atom. The molecule has 142 valence electrons. The highest BCUT2D eigenvalue weighted by Gasteiger charge is 2.59. The molecule has 3 heteroatoms. The van der Waals surface area contributed by atoms with Crippen LogP contribution >= 0.6 is 0 Å². The van der Waals surface area contributed by atoms with Crippen molar-refractivity contribution >= 4 is 5.78 Å². The summed E-state index contributed by atoms with van der Waals surface area (Å²) in [5.41, 5.74) is 1.88. The summed E-state index contributed by atoms with van der Waals surface area (Å²) < 4.78 is 11.9. The average molecular weight is 357 g/mol. The van der Waals surface area contributed by atoms with Gasteiger partial charge in [-0.3, -0.25) is 4.79 Å². The van der Waals surface area contributed by atoms with E-state index in [1.807, 2.05) is 6.08 Å². The van der Waals surface area contributed by atoms with E-state index in [2.05, 4.69) is 26.0 Å². The first kappa shape index (κ1) is 17.2. The van der Waals surface area contributed by atoms with E-state index in [0.717, 1.165) is 38.6 Å². The van der Waals surface area contributed by atoms with Crippen molar-refractivity contribution in [3.63, 3.8) is 0 Å². The molecule has 0 amide bonds. The molecule has 1 unspecified atom stereocenters. The second-order valence-corrected chi connectivity index (χ2v) is 9.85. The summed E-state index contributed by atoms with van der Waals surface area (Å²) in [4.78, 5) is 11.9. The van der Waals surface area contributed by atoms with Gasteiger partial charge in [-0.1, -0.05) is 26.0 Å². The van der Waals surface area contributed by atoms with E-state index in [9.17, 15) is 4.79 Å². The molecule has 1 saturated heterocycles. The van der Waals surface area contributed by atoms with E-state index < -0.39 is 0 Å². The van der Waals surface area contributed by atoms with Gasteiger partial charge in [-0.15, -0.1) is 0 Å². The molecule has 0 spiro atoms. The maximum Gasteiger partial charge on any atom is 0.156 e. The summed E-state index contributed by atoms with van der Waals surface area (Å²) in [7, 11) is 0. The average Bonchev–Trinajstić information content (AvgIpc) is 3.00. The van der Waals surface area contributed by atoms with Crippen LogP contribution in [0.4, 0.5) is 0 Å². The molecule has 7 atom stereocenters. The van der Waals surface area contributed by atoms with E-state index in [0.29, 0.717) is 35.1 Å². The molecule has 2 saturated carbocycles. The zero-order valence-corrected chi connectivity index (χ0v) is 16.2. The van der Waals surface area contributed by atoms with Crippen molar-refractivity contribution in [2.24, 2.45) is 34.5 Å². The van der Waals surface area contributed by atoms with Gasteiger partial charge in [-0.25, -0.2) is 0 Å². The minimum Gasteiger partial charge on any atom is -0.376 e. The molecule has 0 aromatic carbocycles. The topological polar surface area (TPSA) is 35.5 Å². The van der Waals surface area contributed by atoms with Crippen LogP contribution < -0.4 is 0 Å². The molecule has 5 aliphatic rings.